The first-order valence-corrected chi connectivity index (χ1v) is 6.21. The highest BCUT2D eigenvalue weighted by atomic mass is 35.5. The van der Waals surface area contributed by atoms with Gasteiger partial charge < -0.3 is 4.74 Å². The molecular formula is C14H14ClF2NO. The minimum Gasteiger partial charge on any atom is -0.435 e. The minimum atomic E-state index is -2.85. The number of hydrogen-bond acceptors (Lipinski definition) is 2. The van der Waals surface area contributed by atoms with Gasteiger partial charge in [0.15, 0.2) is 0 Å². The van der Waals surface area contributed by atoms with Crippen LogP contribution >= 0.6 is 11.6 Å². The topological polar surface area (TPSA) is 22.1 Å². The standard InChI is InChI=1S/C14H14ClF2NO/c1-14(2,3)12-7-10(15)9-6-8(19-13(16)17)4-5-11(9)18-12/h4-7,13H,1-3H3. The van der Waals surface area contributed by atoms with Crippen molar-refractivity contribution in [3.8, 4) is 5.75 Å². The summed E-state index contributed by atoms with van der Waals surface area (Å²) in [7, 11) is 0. The van der Waals surface area contributed by atoms with Gasteiger partial charge in [-0.05, 0) is 24.3 Å². The van der Waals surface area contributed by atoms with Crippen molar-refractivity contribution in [2.45, 2.75) is 32.8 Å². The third kappa shape index (κ3) is 3.13. The molecule has 0 N–H and O–H groups in total. The summed E-state index contributed by atoms with van der Waals surface area (Å²) in [5, 5.41) is 1.09. The lowest BCUT2D eigenvalue weighted by atomic mass is 9.91. The highest BCUT2D eigenvalue weighted by Crippen LogP contribution is 2.31. The van der Waals surface area contributed by atoms with E-state index >= 15 is 0 Å². The summed E-state index contributed by atoms with van der Waals surface area (Å²) in [6.45, 7) is 3.25. The molecule has 0 aliphatic heterocycles. The van der Waals surface area contributed by atoms with Crippen LogP contribution in [0.5, 0.6) is 5.75 Å². The number of pyridine rings is 1. The number of rotatable bonds is 2. The first kappa shape index (κ1) is 14.0. The van der Waals surface area contributed by atoms with Gasteiger partial charge in [-0.25, -0.2) is 0 Å². The SMILES string of the molecule is CC(C)(C)c1cc(Cl)c2cc(OC(F)F)ccc2n1. The van der Waals surface area contributed by atoms with Crippen LogP contribution in [-0.4, -0.2) is 11.6 Å². The Morgan fingerprint density at radius 1 is 1.21 bits per heavy atom. The number of fused-ring (bicyclic) bond motifs is 1. The maximum atomic E-state index is 12.2. The van der Waals surface area contributed by atoms with E-state index in [4.69, 9.17) is 11.6 Å². The Bertz CT molecular complexity index is 608. The van der Waals surface area contributed by atoms with Crippen molar-refractivity contribution >= 4 is 22.5 Å². The smallest absolute Gasteiger partial charge is 0.387 e. The molecule has 0 atom stereocenters. The van der Waals surface area contributed by atoms with Crippen molar-refractivity contribution in [2.24, 2.45) is 0 Å². The number of halogens is 3. The van der Waals surface area contributed by atoms with Gasteiger partial charge in [0.05, 0.1) is 10.5 Å². The molecule has 5 heteroatoms. The lowest BCUT2D eigenvalue weighted by Crippen LogP contribution is -2.13. The highest BCUT2D eigenvalue weighted by molar-refractivity contribution is 6.35. The molecule has 0 unspecified atom stereocenters. The van der Waals surface area contributed by atoms with E-state index < -0.39 is 6.61 Å². The van der Waals surface area contributed by atoms with Gasteiger partial charge in [-0.1, -0.05) is 32.4 Å². The summed E-state index contributed by atoms with van der Waals surface area (Å²) in [6.07, 6.45) is 0. The van der Waals surface area contributed by atoms with E-state index in [1.807, 2.05) is 20.8 Å². The molecule has 0 bridgehead atoms. The Balaban J connectivity index is 2.54. The van der Waals surface area contributed by atoms with Gasteiger partial charge in [0.2, 0.25) is 0 Å². The molecule has 0 saturated carbocycles. The van der Waals surface area contributed by atoms with Gasteiger partial charge in [-0.15, -0.1) is 0 Å². The molecule has 0 fully saturated rings. The van der Waals surface area contributed by atoms with Crippen LogP contribution in [0.4, 0.5) is 8.78 Å². The lowest BCUT2D eigenvalue weighted by molar-refractivity contribution is -0.0497. The zero-order chi connectivity index (χ0) is 14.2. The van der Waals surface area contributed by atoms with Crippen molar-refractivity contribution in [3.63, 3.8) is 0 Å². The largest absolute Gasteiger partial charge is 0.435 e. The summed E-state index contributed by atoms with van der Waals surface area (Å²) >= 11 is 6.19. The second-order valence-electron chi connectivity index (χ2n) is 5.30. The molecular weight excluding hydrogens is 272 g/mol. The maximum Gasteiger partial charge on any atom is 0.387 e. The Morgan fingerprint density at radius 2 is 1.89 bits per heavy atom. The predicted molar refractivity (Wildman–Crippen MR) is 72.1 cm³/mol. The van der Waals surface area contributed by atoms with E-state index in [0.29, 0.717) is 15.9 Å². The van der Waals surface area contributed by atoms with Gasteiger partial charge in [0.25, 0.3) is 0 Å². The second-order valence-corrected chi connectivity index (χ2v) is 5.70. The zero-order valence-electron chi connectivity index (χ0n) is 10.9. The van der Waals surface area contributed by atoms with Crippen LogP contribution < -0.4 is 4.74 Å². The van der Waals surface area contributed by atoms with E-state index in [-0.39, 0.29) is 11.2 Å². The zero-order valence-corrected chi connectivity index (χ0v) is 11.6. The van der Waals surface area contributed by atoms with Crippen LogP contribution in [-0.2, 0) is 5.41 Å². The van der Waals surface area contributed by atoms with E-state index in [2.05, 4.69) is 9.72 Å². The van der Waals surface area contributed by atoms with Crippen LogP contribution in [0.25, 0.3) is 10.9 Å². The molecule has 102 valence electrons. The van der Waals surface area contributed by atoms with Gasteiger partial charge in [-0.2, -0.15) is 8.78 Å². The quantitative estimate of drug-likeness (QED) is 0.791. The first-order chi connectivity index (χ1) is 8.77. The third-order valence-electron chi connectivity index (χ3n) is 2.72. The molecule has 1 aromatic heterocycles. The summed E-state index contributed by atoms with van der Waals surface area (Å²) in [5.41, 5.74) is 1.39. The molecule has 1 aromatic carbocycles. The third-order valence-corrected chi connectivity index (χ3v) is 3.04. The Kier molecular flexibility index (Phi) is 3.63. The van der Waals surface area contributed by atoms with E-state index in [1.165, 1.54) is 12.1 Å². The van der Waals surface area contributed by atoms with Crippen LogP contribution in [0, 0.1) is 0 Å². The molecule has 0 spiro atoms. The minimum absolute atomic E-state index is 0.0784. The van der Waals surface area contributed by atoms with Crippen LogP contribution in [0.15, 0.2) is 24.3 Å². The first-order valence-electron chi connectivity index (χ1n) is 5.83. The fourth-order valence-corrected chi connectivity index (χ4v) is 1.98. The van der Waals surface area contributed by atoms with E-state index in [9.17, 15) is 8.78 Å². The summed E-state index contributed by atoms with van der Waals surface area (Å²) in [5.74, 6) is 0.0784. The Labute approximate surface area is 115 Å². The van der Waals surface area contributed by atoms with Crippen LogP contribution in [0.3, 0.4) is 0 Å². The molecule has 2 aromatic rings. The molecule has 2 nitrogen and oxygen atoms in total. The average Bonchev–Trinajstić information content (AvgIpc) is 2.27. The van der Waals surface area contributed by atoms with Crippen molar-refractivity contribution < 1.29 is 13.5 Å². The van der Waals surface area contributed by atoms with Gasteiger partial charge in [0, 0.05) is 16.5 Å². The Hall–Kier alpha value is -1.42. The molecule has 2 rings (SSSR count). The van der Waals surface area contributed by atoms with Gasteiger partial charge >= 0.3 is 6.61 Å². The molecule has 1 heterocycles. The molecule has 0 aliphatic rings. The summed E-state index contributed by atoms with van der Waals surface area (Å²) in [4.78, 5) is 4.50. The fraction of sp³-hybridized carbons (Fsp3) is 0.357. The van der Waals surface area contributed by atoms with Gasteiger partial charge in [0.1, 0.15) is 5.75 Å². The molecule has 19 heavy (non-hydrogen) atoms. The lowest BCUT2D eigenvalue weighted by Gasteiger charge is -2.19. The molecule has 0 aliphatic carbocycles. The maximum absolute atomic E-state index is 12.2. The Morgan fingerprint density at radius 3 is 2.47 bits per heavy atom. The normalized spacial score (nSPS) is 12.2. The van der Waals surface area contributed by atoms with Crippen LogP contribution in [0.2, 0.25) is 5.02 Å². The molecule has 0 saturated heterocycles. The highest BCUT2D eigenvalue weighted by Gasteiger charge is 2.18. The number of hydrogen-bond donors (Lipinski definition) is 0. The average molecular weight is 286 g/mol. The van der Waals surface area contributed by atoms with Crippen molar-refractivity contribution in [1.29, 1.82) is 0 Å². The summed E-state index contributed by atoms with van der Waals surface area (Å²) in [6, 6.07) is 6.33. The second kappa shape index (κ2) is 4.93. The van der Waals surface area contributed by atoms with E-state index in [0.717, 1.165) is 5.69 Å². The number of nitrogens with zero attached hydrogens (tertiary/aromatic N) is 1. The van der Waals surface area contributed by atoms with Crippen molar-refractivity contribution in [3.05, 3.63) is 35.0 Å². The molecule has 0 amide bonds. The van der Waals surface area contributed by atoms with Gasteiger partial charge in [-0.3, -0.25) is 4.98 Å². The fourth-order valence-electron chi connectivity index (χ4n) is 1.72. The number of aromatic nitrogens is 1. The number of benzene rings is 1. The molecule has 0 radical (unpaired) electrons. The number of ether oxygens (including phenoxy) is 1. The predicted octanol–water partition coefficient (Wildman–Crippen LogP) is 4.79. The van der Waals surface area contributed by atoms with Crippen molar-refractivity contribution in [2.75, 3.05) is 0 Å². The van der Waals surface area contributed by atoms with Crippen LogP contribution in [0.1, 0.15) is 26.5 Å². The van der Waals surface area contributed by atoms with Crippen molar-refractivity contribution in [1.82, 2.24) is 4.98 Å². The summed E-state index contributed by atoms with van der Waals surface area (Å²) < 4.78 is 28.7. The van der Waals surface area contributed by atoms with E-state index in [1.54, 1.807) is 12.1 Å². The monoisotopic (exact) mass is 285 g/mol. The number of alkyl halides is 2.